The Labute approximate surface area is 110 Å². The summed E-state index contributed by atoms with van der Waals surface area (Å²) in [6.07, 6.45) is -4.06. The minimum Gasteiger partial charge on any atom is -0.474 e. The van der Waals surface area contributed by atoms with Gasteiger partial charge in [-0.05, 0) is 19.3 Å². The monoisotopic (exact) mass is 277 g/mol. The fraction of sp³-hybridized carbons (Fsp3) is 0.667. The van der Waals surface area contributed by atoms with Crippen molar-refractivity contribution in [3.8, 4) is 5.88 Å². The second-order valence-corrected chi connectivity index (χ2v) is 4.72. The normalized spacial score (nSPS) is 13.5. The molecule has 0 saturated heterocycles. The van der Waals surface area contributed by atoms with Crippen LogP contribution in [0.3, 0.4) is 0 Å². The predicted octanol–water partition coefficient (Wildman–Crippen LogP) is 3.35. The number of nitrogens with one attached hydrogen (secondary N) is 1. The van der Waals surface area contributed by atoms with Gasteiger partial charge in [0.25, 0.3) is 0 Å². The molecule has 0 amide bonds. The second kappa shape index (κ2) is 6.08. The Bertz CT molecular complexity index is 421. The zero-order valence-electron chi connectivity index (χ0n) is 11.4. The van der Waals surface area contributed by atoms with E-state index >= 15 is 0 Å². The third kappa shape index (κ3) is 4.92. The molecule has 1 heterocycles. The van der Waals surface area contributed by atoms with Crippen LogP contribution in [0.15, 0.2) is 6.07 Å². The summed E-state index contributed by atoms with van der Waals surface area (Å²) in [7, 11) is 1.49. The lowest BCUT2D eigenvalue weighted by molar-refractivity contribution is -0.145. The van der Waals surface area contributed by atoms with E-state index in [2.05, 4.69) is 15.3 Å². The number of hydrogen-bond acceptors (Lipinski definition) is 4. The van der Waals surface area contributed by atoms with Gasteiger partial charge in [0, 0.05) is 13.1 Å². The van der Waals surface area contributed by atoms with Gasteiger partial charge in [0.2, 0.25) is 11.7 Å². The summed E-state index contributed by atoms with van der Waals surface area (Å²) in [4.78, 5) is 6.77. The highest BCUT2D eigenvalue weighted by atomic mass is 19.4. The number of hydrogen-bond donors (Lipinski definition) is 1. The number of halogens is 3. The van der Waals surface area contributed by atoms with Gasteiger partial charge in [0.1, 0.15) is 5.82 Å². The molecule has 0 saturated carbocycles. The standard InChI is InChI=1S/C12H18F3N3O/c1-7(2)5-8(3)19-10-6-9(16-4)17-11(18-10)12(13,14)15/h6-8H,5H2,1-4H3,(H,16,17,18). The molecule has 1 aromatic heterocycles. The molecule has 108 valence electrons. The first-order valence-corrected chi connectivity index (χ1v) is 6.03. The second-order valence-electron chi connectivity index (χ2n) is 4.72. The molecule has 0 spiro atoms. The van der Waals surface area contributed by atoms with E-state index in [-0.39, 0.29) is 17.8 Å². The number of alkyl halides is 3. The van der Waals surface area contributed by atoms with Crippen molar-refractivity contribution in [3.05, 3.63) is 11.9 Å². The van der Waals surface area contributed by atoms with Crippen LogP contribution in [-0.4, -0.2) is 23.1 Å². The van der Waals surface area contributed by atoms with E-state index in [1.165, 1.54) is 13.1 Å². The SMILES string of the molecule is CNc1cc(OC(C)CC(C)C)nc(C(F)(F)F)n1. The van der Waals surface area contributed by atoms with E-state index in [9.17, 15) is 13.2 Å². The predicted molar refractivity (Wildman–Crippen MR) is 66.1 cm³/mol. The Kier molecular flexibility index (Phi) is 4.97. The Morgan fingerprint density at radius 3 is 2.37 bits per heavy atom. The first-order valence-electron chi connectivity index (χ1n) is 6.03. The van der Waals surface area contributed by atoms with Crippen LogP contribution in [0.1, 0.15) is 33.0 Å². The molecule has 0 aliphatic heterocycles. The van der Waals surface area contributed by atoms with Crippen molar-refractivity contribution in [3.63, 3.8) is 0 Å². The lowest BCUT2D eigenvalue weighted by atomic mass is 10.1. The molecule has 1 rings (SSSR count). The van der Waals surface area contributed by atoms with Crippen LogP contribution in [0.25, 0.3) is 0 Å². The number of nitrogens with zero attached hydrogens (tertiary/aromatic N) is 2. The maximum atomic E-state index is 12.6. The van der Waals surface area contributed by atoms with E-state index in [0.717, 1.165) is 6.42 Å². The highest BCUT2D eigenvalue weighted by Crippen LogP contribution is 2.29. The maximum absolute atomic E-state index is 12.6. The minimum atomic E-state index is -4.59. The number of anilines is 1. The number of rotatable bonds is 5. The van der Waals surface area contributed by atoms with Crippen LogP contribution < -0.4 is 10.1 Å². The van der Waals surface area contributed by atoms with E-state index in [4.69, 9.17) is 4.74 Å². The quantitative estimate of drug-likeness (QED) is 0.896. The average molecular weight is 277 g/mol. The van der Waals surface area contributed by atoms with Gasteiger partial charge in [-0.1, -0.05) is 13.8 Å². The fourth-order valence-corrected chi connectivity index (χ4v) is 1.66. The molecule has 1 aromatic rings. The van der Waals surface area contributed by atoms with Gasteiger partial charge in [-0.25, -0.2) is 4.98 Å². The average Bonchev–Trinajstić information content (AvgIpc) is 2.25. The van der Waals surface area contributed by atoms with Gasteiger partial charge in [-0.2, -0.15) is 18.2 Å². The van der Waals surface area contributed by atoms with Crippen LogP contribution in [0, 0.1) is 5.92 Å². The van der Waals surface area contributed by atoms with Crippen molar-refractivity contribution in [2.45, 2.75) is 39.5 Å². The maximum Gasteiger partial charge on any atom is 0.451 e. The zero-order valence-corrected chi connectivity index (χ0v) is 11.4. The molecule has 1 atom stereocenters. The van der Waals surface area contributed by atoms with E-state index < -0.39 is 12.0 Å². The van der Waals surface area contributed by atoms with Gasteiger partial charge in [0.15, 0.2) is 0 Å². The van der Waals surface area contributed by atoms with Crippen LogP contribution in [-0.2, 0) is 6.18 Å². The summed E-state index contributed by atoms with van der Waals surface area (Å²) < 4.78 is 43.3. The highest BCUT2D eigenvalue weighted by molar-refractivity contribution is 5.38. The number of ether oxygens (including phenoxy) is 1. The lowest BCUT2D eigenvalue weighted by Gasteiger charge is -2.17. The third-order valence-corrected chi connectivity index (χ3v) is 2.34. The van der Waals surface area contributed by atoms with Crippen LogP contribution in [0.2, 0.25) is 0 Å². The van der Waals surface area contributed by atoms with Crippen molar-refractivity contribution in [1.29, 1.82) is 0 Å². The smallest absolute Gasteiger partial charge is 0.451 e. The molecule has 0 aromatic carbocycles. The van der Waals surface area contributed by atoms with Crippen LogP contribution in [0.5, 0.6) is 5.88 Å². The third-order valence-electron chi connectivity index (χ3n) is 2.34. The van der Waals surface area contributed by atoms with E-state index in [1.807, 2.05) is 13.8 Å². The summed E-state index contributed by atoms with van der Waals surface area (Å²) in [6.45, 7) is 5.83. The number of aromatic nitrogens is 2. The summed E-state index contributed by atoms with van der Waals surface area (Å²) in [5, 5.41) is 2.56. The molecule has 1 N–H and O–H groups in total. The largest absolute Gasteiger partial charge is 0.474 e. The molecule has 7 heteroatoms. The van der Waals surface area contributed by atoms with Crippen molar-refractivity contribution in [2.75, 3.05) is 12.4 Å². The zero-order chi connectivity index (χ0) is 14.6. The molecule has 0 fully saturated rings. The Balaban J connectivity index is 2.94. The van der Waals surface area contributed by atoms with Gasteiger partial charge < -0.3 is 10.1 Å². The molecule has 1 unspecified atom stereocenters. The summed E-state index contributed by atoms with van der Waals surface area (Å²) in [6, 6.07) is 1.35. The first-order chi connectivity index (χ1) is 8.72. The summed E-state index contributed by atoms with van der Waals surface area (Å²) in [5.74, 6) is -0.803. The van der Waals surface area contributed by atoms with Gasteiger partial charge in [-0.15, -0.1) is 0 Å². The minimum absolute atomic E-state index is 0.0696. The first kappa shape index (κ1) is 15.5. The Hall–Kier alpha value is -1.53. The van der Waals surface area contributed by atoms with Crippen LogP contribution in [0.4, 0.5) is 19.0 Å². The molecule has 0 aliphatic carbocycles. The Morgan fingerprint density at radius 1 is 1.26 bits per heavy atom. The highest BCUT2D eigenvalue weighted by Gasteiger charge is 2.35. The lowest BCUT2D eigenvalue weighted by Crippen LogP contribution is -2.18. The molecule has 19 heavy (non-hydrogen) atoms. The van der Waals surface area contributed by atoms with Gasteiger partial charge in [-0.3, -0.25) is 0 Å². The topological polar surface area (TPSA) is 47.0 Å². The molecule has 0 aliphatic rings. The van der Waals surface area contributed by atoms with Crippen molar-refractivity contribution in [2.24, 2.45) is 5.92 Å². The van der Waals surface area contributed by atoms with Gasteiger partial charge in [0.05, 0.1) is 6.10 Å². The van der Waals surface area contributed by atoms with Crippen molar-refractivity contribution < 1.29 is 17.9 Å². The molecular weight excluding hydrogens is 259 g/mol. The van der Waals surface area contributed by atoms with Crippen molar-refractivity contribution in [1.82, 2.24) is 9.97 Å². The molecule has 0 bridgehead atoms. The van der Waals surface area contributed by atoms with Crippen molar-refractivity contribution >= 4 is 5.82 Å². The summed E-state index contributed by atoms with van der Waals surface area (Å²) >= 11 is 0. The Morgan fingerprint density at radius 2 is 1.89 bits per heavy atom. The summed E-state index contributed by atoms with van der Waals surface area (Å²) in [5.41, 5.74) is 0. The molecule has 0 radical (unpaired) electrons. The fourth-order valence-electron chi connectivity index (χ4n) is 1.66. The van der Waals surface area contributed by atoms with Crippen LogP contribution >= 0.6 is 0 Å². The van der Waals surface area contributed by atoms with Gasteiger partial charge >= 0.3 is 6.18 Å². The molecule has 4 nitrogen and oxygen atoms in total. The van der Waals surface area contributed by atoms with E-state index in [0.29, 0.717) is 5.92 Å². The molecular formula is C12H18F3N3O. The van der Waals surface area contributed by atoms with E-state index in [1.54, 1.807) is 6.92 Å².